The van der Waals surface area contributed by atoms with Gasteiger partial charge in [-0.15, -0.1) is 0 Å². The van der Waals surface area contributed by atoms with Gasteiger partial charge in [-0.1, -0.05) is 6.92 Å². The van der Waals surface area contributed by atoms with E-state index in [0.717, 1.165) is 6.42 Å². The molecule has 0 aliphatic heterocycles. The normalized spacial score (nSPS) is 24.2. The van der Waals surface area contributed by atoms with Crippen LogP contribution in [0.15, 0.2) is 0 Å². The van der Waals surface area contributed by atoms with E-state index in [2.05, 4.69) is 0 Å². The summed E-state index contributed by atoms with van der Waals surface area (Å²) in [4.78, 5) is 24.6. The van der Waals surface area contributed by atoms with Crippen molar-refractivity contribution in [1.29, 1.82) is 0 Å². The molecule has 0 radical (unpaired) electrons. The topological polar surface area (TPSA) is 66.8 Å². The fourth-order valence-electron chi connectivity index (χ4n) is 1.91. The lowest BCUT2D eigenvalue weighted by Gasteiger charge is -2.28. The van der Waals surface area contributed by atoms with Crippen molar-refractivity contribution in [2.24, 2.45) is 11.8 Å². The van der Waals surface area contributed by atoms with Crippen LogP contribution in [0.1, 0.15) is 26.7 Å². The Labute approximate surface area is 102 Å². The number of methoxy groups -OCH3 is 1. The number of amides is 1. The molecule has 0 spiro atoms. The van der Waals surface area contributed by atoms with Crippen LogP contribution < -0.4 is 0 Å². The minimum atomic E-state index is -0.862. The predicted molar refractivity (Wildman–Crippen MR) is 62.6 cm³/mol. The van der Waals surface area contributed by atoms with E-state index in [9.17, 15) is 9.59 Å². The van der Waals surface area contributed by atoms with E-state index in [0.29, 0.717) is 19.6 Å². The number of carboxylic acid groups (broad SMARTS) is 1. The SMILES string of the molecule is CCC(C)N(CCOC)C(=O)[C@@H]1C[C@@H]1C(=O)O. The van der Waals surface area contributed by atoms with Crippen LogP contribution in [0, 0.1) is 11.8 Å². The molecule has 1 unspecified atom stereocenters. The van der Waals surface area contributed by atoms with Gasteiger partial charge in [0.05, 0.1) is 18.4 Å². The first-order valence-corrected chi connectivity index (χ1v) is 6.05. The molecule has 1 rings (SSSR count). The molecule has 0 saturated heterocycles. The summed E-state index contributed by atoms with van der Waals surface area (Å²) in [6.45, 7) is 5.01. The Morgan fingerprint density at radius 1 is 1.47 bits per heavy atom. The molecule has 1 fully saturated rings. The van der Waals surface area contributed by atoms with Gasteiger partial charge in [0.15, 0.2) is 0 Å². The Morgan fingerprint density at radius 2 is 2.12 bits per heavy atom. The van der Waals surface area contributed by atoms with Gasteiger partial charge < -0.3 is 14.7 Å². The summed E-state index contributed by atoms with van der Waals surface area (Å²) in [5, 5.41) is 8.83. The smallest absolute Gasteiger partial charge is 0.307 e. The number of carboxylic acids is 1. The van der Waals surface area contributed by atoms with Crippen LogP contribution in [0.3, 0.4) is 0 Å². The quantitative estimate of drug-likeness (QED) is 0.724. The first kappa shape index (κ1) is 14.0. The Hall–Kier alpha value is -1.10. The molecule has 1 amide bonds. The molecule has 5 nitrogen and oxygen atoms in total. The monoisotopic (exact) mass is 243 g/mol. The molecule has 1 saturated carbocycles. The minimum absolute atomic E-state index is 0.0381. The molecule has 1 N–H and O–H groups in total. The summed E-state index contributed by atoms with van der Waals surface area (Å²) in [6.07, 6.45) is 1.34. The zero-order valence-corrected chi connectivity index (χ0v) is 10.7. The van der Waals surface area contributed by atoms with E-state index in [1.54, 1.807) is 12.0 Å². The second kappa shape index (κ2) is 6.00. The first-order chi connectivity index (χ1) is 8.02. The Kier molecular flexibility index (Phi) is 4.93. The summed E-state index contributed by atoms with van der Waals surface area (Å²) in [7, 11) is 1.59. The molecule has 1 aliphatic rings. The van der Waals surface area contributed by atoms with Crippen LogP contribution in [-0.4, -0.2) is 48.2 Å². The van der Waals surface area contributed by atoms with Crippen molar-refractivity contribution >= 4 is 11.9 Å². The highest BCUT2D eigenvalue weighted by Gasteiger charge is 2.50. The summed E-state index contributed by atoms with van der Waals surface area (Å²) >= 11 is 0. The number of ether oxygens (including phenoxy) is 1. The minimum Gasteiger partial charge on any atom is -0.481 e. The van der Waals surface area contributed by atoms with Crippen molar-refractivity contribution in [2.75, 3.05) is 20.3 Å². The average Bonchev–Trinajstić information content (AvgIpc) is 3.08. The predicted octanol–water partition coefficient (Wildman–Crippen LogP) is 0.981. The number of carbonyl (C=O) groups excluding carboxylic acids is 1. The highest BCUT2D eigenvalue weighted by Crippen LogP contribution is 2.40. The number of hydrogen-bond donors (Lipinski definition) is 1. The van der Waals surface area contributed by atoms with Crippen molar-refractivity contribution in [2.45, 2.75) is 32.7 Å². The lowest BCUT2D eigenvalue weighted by molar-refractivity contribution is -0.142. The zero-order valence-electron chi connectivity index (χ0n) is 10.7. The van der Waals surface area contributed by atoms with Gasteiger partial charge in [0, 0.05) is 19.7 Å². The molecule has 3 atom stereocenters. The Bertz CT molecular complexity index is 292. The number of hydrogen-bond acceptors (Lipinski definition) is 3. The van der Waals surface area contributed by atoms with Crippen molar-refractivity contribution in [3.05, 3.63) is 0 Å². The highest BCUT2D eigenvalue weighted by molar-refractivity contribution is 5.89. The summed E-state index contributed by atoms with van der Waals surface area (Å²) in [5.74, 6) is -1.70. The maximum atomic E-state index is 12.1. The van der Waals surface area contributed by atoms with Crippen molar-refractivity contribution in [3.8, 4) is 0 Å². The van der Waals surface area contributed by atoms with Crippen molar-refractivity contribution in [3.63, 3.8) is 0 Å². The van der Waals surface area contributed by atoms with E-state index in [4.69, 9.17) is 9.84 Å². The van der Waals surface area contributed by atoms with Gasteiger partial charge >= 0.3 is 5.97 Å². The van der Waals surface area contributed by atoms with Gasteiger partial charge in [-0.25, -0.2) is 0 Å². The van der Waals surface area contributed by atoms with Crippen LogP contribution in [0.4, 0.5) is 0 Å². The molecular formula is C12H21NO4. The van der Waals surface area contributed by atoms with Crippen molar-refractivity contribution < 1.29 is 19.4 Å². The fraction of sp³-hybridized carbons (Fsp3) is 0.833. The summed E-state index contributed by atoms with van der Waals surface area (Å²) < 4.78 is 4.98. The Morgan fingerprint density at radius 3 is 2.53 bits per heavy atom. The van der Waals surface area contributed by atoms with Gasteiger partial charge in [0.1, 0.15) is 0 Å². The van der Waals surface area contributed by atoms with Crippen LogP contribution in [0.5, 0.6) is 0 Å². The van der Waals surface area contributed by atoms with Crippen LogP contribution in [0.25, 0.3) is 0 Å². The molecule has 1 aliphatic carbocycles. The summed E-state index contributed by atoms with van der Waals surface area (Å²) in [5.41, 5.74) is 0. The van der Waals surface area contributed by atoms with Gasteiger partial charge in [-0.2, -0.15) is 0 Å². The second-order valence-electron chi connectivity index (χ2n) is 4.57. The number of aliphatic carboxylic acids is 1. The standard InChI is InChI=1S/C12H21NO4/c1-4-8(2)13(5-6-17-3)11(14)9-7-10(9)12(15)16/h8-10H,4-7H2,1-3H3,(H,15,16)/t8?,9-,10+/m1/s1. The van der Waals surface area contributed by atoms with E-state index < -0.39 is 11.9 Å². The number of nitrogens with zero attached hydrogens (tertiary/aromatic N) is 1. The van der Waals surface area contributed by atoms with E-state index in [-0.39, 0.29) is 17.9 Å². The molecule has 0 aromatic carbocycles. The number of carbonyl (C=O) groups is 2. The van der Waals surface area contributed by atoms with Crippen LogP contribution in [-0.2, 0) is 14.3 Å². The van der Waals surface area contributed by atoms with Crippen LogP contribution >= 0.6 is 0 Å². The molecular weight excluding hydrogens is 222 g/mol. The molecule has 0 aromatic heterocycles. The fourth-order valence-corrected chi connectivity index (χ4v) is 1.91. The molecule has 98 valence electrons. The van der Waals surface area contributed by atoms with Crippen molar-refractivity contribution in [1.82, 2.24) is 4.90 Å². The molecule has 17 heavy (non-hydrogen) atoms. The third-order valence-electron chi connectivity index (χ3n) is 3.37. The summed E-state index contributed by atoms with van der Waals surface area (Å²) in [6, 6.07) is 0.132. The van der Waals surface area contributed by atoms with E-state index >= 15 is 0 Å². The maximum absolute atomic E-state index is 12.1. The van der Waals surface area contributed by atoms with E-state index in [1.165, 1.54) is 0 Å². The highest BCUT2D eigenvalue weighted by atomic mass is 16.5. The second-order valence-corrected chi connectivity index (χ2v) is 4.57. The lowest BCUT2D eigenvalue weighted by Crippen LogP contribution is -2.41. The van der Waals surface area contributed by atoms with Gasteiger partial charge in [-0.3, -0.25) is 9.59 Å². The molecule has 5 heteroatoms. The average molecular weight is 243 g/mol. The van der Waals surface area contributed by atoms with Crippen LogP contribution in [0.2, 0.25) is 0 Å². The van der Waals surface area contributed by atoms with Gasteiger partial charge in [0.25, 0.3) is 0 Å². The van der Waals surface area contributed by atoms with Gasteiger partial charge in [0.2, 0.25) is 5.91 Å². The first-order valence-electron chi connectivity index (χ1n) is 6.05. The largest absolute Gasteiger partial charge is 0.481 e. The number of rotatable bonds is 7. The lowest BCUT2D eigenvalue weighted by atomic mass is 10.2. The third kappa shape index (κ3) is 3.43. The zero-order chi connectivity index (χ0) is 13.0. The maximum Gasteiger partial charge on any atom is 0.307 e. The van der Waals surface area contributed by atoms with E-state index in [1.807, 2.05) is 13.8 Å². The molecule has 0 aromatic rings. The Balaban J connectivity index is 2.58. The molecule has 0 bridgehead atoms. The van der Waals surface area contributed by atoms with Gasteiger partial charge in [-0.05, 0) is 19.8 Å². The molecule has 0 heterocycles. The third-order valence-corrected chi connectivity index (χ3v) is 3.37.